The Labute approximate surface area is 92.1 Å². The summed E-state index contributed by atoms with van der Waals surface area (Å²) in [6.07, 6.45) is 2.37. The van der Waals surface area contributed by atoms with Crippen LogP contribution in [0.4, 0.5) is 0 Å². The van der Waals surface area contributed by atoms with Crippen molar-refractivity contribution in [3.05, 3.63) is 35.4 Å². The molecule has 0 bridgehead atoms. The van der Waals surface area contributed by atoms with Crippen molar-refractivity contribution >= 4 is 11.8 Å². The van der Waals surface area contributed by atoms with E-state index in [1.165, 1.54) is 23.3 Å². The molecule has 0 heterocycles. The van der Waals surface area contributed by atoms with E-state index in [0.717, 1.165) is 11.7 Å². The molecule has 0 unspecified atom stereocenters. The normalized spacial score (nSPS) is 10.9. The molecule has 1 aromatic rings. The summed E-state index contributed by atoms with van der Waals surface area (Å²) in [6, 6.07) is 8.79. The first-order valence-corrected chi connectivity index (χ1v) is 6.47. The molecule has 0 aliphatic carbocycles. The molecule has 1 aromatic carbocycles. The van der Waals surface area contributed by atoms with Gasteiger partial charge in [-0.2, -0.15) is 11.8 Å². The molecule has 1 rings (SSSR count). The minimum absolute atomic E-state index is 0.754. The van der Waals surface area contributed by atoms with E-state index in [1.807, 2.05) is 11.8 Å². The minimum atomic E-state index is 0.754. The molecule has 0 aliphatic heterocycles. The zero-order valence-corrected chi connectivity index (χ0v) is 10.2. The van der Waals surface area contributed by atoms with Crippen LogP contribution in [0.25, 0.3) is 0 Å². The van der Waals surface area contributed by atoms with Crippen LogP contribution in [0.5, 0.6) is 0 Å². The number of rotatable bonds is 5. The third kappa shape index (κ3) is 3.75. The van der Waals surface area contributed by atoms with E-state index in [2.05, 4.69) is 45.0 Å². The average Bonchev–Trinajstić information content (AvgIpc) is 2.18. The molecular weight excluding hydrogens is 188 g/mol. The SMILES string of the molecule is CCc1ccccc1CCSC(C)C. The molecule has 0 aliphatic rings. The van der Waals surface area contributed by atoms with E-state index in [1.54, 1.807) is 0 Å². The molecule has 0 aromatic heterocycles. The van der Waals surface area contributed by atoms with Gasteiger partial charge in [-0.3, -0.25) is 0 Å². The van der Waals surface area contributed by atoms with Crippen LogP contribution >= 0.6 is 11.8 Å². The van der Waals surface area contributed by atoms with Crippen LogP contribution in [-0.2, 0) is 12.8 Å². The van der Waals surface area contributed by atoms with Crippen molar-refractivity contribution in [2.24, 2.45) is 0 Å². The van der Waals surface area contributed by atoms with Gasteiger partial charge in [0.15, 0.2) is 0 Å². The van der Waals surface area contributed by atoms with Crippen LogP contribution in [-0.4, -0.2) is 11.0 Å². The lowest BCUT2D eigenvalue weighted by molar-refractivity contribution is 1.03. The van der Waals surface area contributed by atoms with Crippen molar-refractivity contribution in [1.29, 1.82) is 0 Å². The smallest absolute Gasteiger partial charge is 0.000957 e. The molecule has 0 atom stereocenters. The average molecular weight is 208 g/mol. The Morgan fingerprint density at radius 1 is 1.14 bits per heavy atom. The van der Waals surface area contributed by atoms with Crippen molar-refractivity contribution in [2.45, 2.75) is 38.9 Å². The summed E-state index contributed by atoms with van der Waals surface area (Å²) in [5, 5.41) is 0.754. The van der Waals surface area contributed by atoms with E-state index < -0.39 is 0 Å². The molecule has 0 saturated heterocycles. The fraction of sp³-hybridized carbons (Fsp3) is 0.538. The van der Waals surface area contributed by atoms with Gasteiger partial charge in [0.2, 0.25) is 0 Å². The molecule has 0 N–H and O–H groups in total. The number of hydrogen-bond acceptors (Lipinski definition) is 1. The predicted molar refractivity (Wildman–Crippen MR) is 67.1 cm³/mol. The van der Waals surface area contributed by atoms with Crippen LogP contribution < -0.4 is 0 Å². The first-order valence-electron chi connectivity index (χ1n) is 5.42. The molecular formula is C13H20S. The summed E-state index contributed by atoms with van der Waals surface area (Å²) >= 11 is 2.05. The first-order chi connectivity index (χ1) is 6.74. The third-order valence-corrected chi connectivity index (χ3v) is 3.43. The lowest BCUT2D eigenvalue weighted by atomic mass is 10.0. The lowest BCUT2D eigenvalue weighted by Crippen LogP contribution is -1.97. The van der Waals surface area contributed by atoms with Gasteiger partial charge in [0, 0.05) is 0 Å². The lowest BCUT2D eigenvalue weighted by Gasteiger charge is -2.08. The Morgan fingerprint density at radius 2 is 1.79 bits per heavy atom. The van der Waals surface area contributed by atoms with Gasteiger partial charge in [0.1, 0.15) is 0 Å². The molecule has 0 nitrogen and oxygen atoms in total. The Hall–Kier alpha value is -0.430. The van der Waals surface area contributed by atoms with Crippen molar-refractivity contribution in [3.63, 3.8) is 0 Å². The minimum Gasteiger partial charge on any atom is -0.159 e. The molecule has 1 heteroatoms. The third-order valence-electron chi connectivity index (χ3n) is 2.32. The summed E-state index contributed by atoms with van der Waals surface area (Å²) < 4.78 is 0. The van der Waals surface area contributed by atoms with Crippen LogP contribution in [0, 0.1) is 0 Å². The number of aryl methyl sites for hydroxylation is 2. The fourth-order valence-corrected chi connectivity index (χ4v) is 2.36. The van der Waals surface area contributed by atoms with E-state index in [-0.39, 0.29) is 0 Å². The summed E-state index contributed by atoms with van der Waals surface area (Å²) in [7, 11) is 0. The van der Waals surface area contributed by atoms with Gasteiger partial charge < -0.3 is 0 Å². The summed E-state index contributed by atoms with van der Waals surface area (Å²) in [4.78, 5) is 0. The van der Waals surface area contributed by atoms with Gasteiger partial charge in [-0.25, -0.2) is 0 Å². The second kappa shape index (κ2) is 6.13. The van der Waals surface area contributed by atoms with Crippen molar-refractivity contribution in [1.82, 2.24) is 0 Å². The van der Waals surface area contributed by atoms with Crippen molar-refractivity contribution in [3.8, 4) is 0 Å². The largest absolute Gasteiger partial charge is 0.159 e. The van der Waals surface area contributed by atoms with Gasteiger partial charge in [-0.05, 0) is 35.0 Å². The summed E-state index contributed by atoms with van der Waals surface area (Å²) in [6.45, 7) is 6.75. The van der Waals surface area contributed by atoms with Crippen molar-refractivity contribution < 1.29 is 0 Å². The highest BCUT2D eigenvalue weighted by Crippen LogP contribution is 2.15. The Balaban J connectivity index is 2.49. The maximum absolute atomic E-state index is 2.26. The fourth-order valence-electron chi connectivity index (χ4n) is 1.55. The molecule has 0 saturated carbocycles. The summed E-state index contributed by atoms with van der Waals surface area (Å²) in [5.41, 5.74) is 3.04. The highest BCUT2D eigenvalue weighted by atomic mass is 32.2. The Kier molecular flexibility index (Phi) is 5.10. The van der Waals surface area contributed by atoms with E-state index in [0.29, 0.717) is 0 Å². The second-order valence-electron chi connectivity index (χ2n) is 3.79. The van der Waals surface area contributed by atoms with Crippen LogP contribution in [0.3, 0.4) is 0 Å². The molecule has 0 radical (unpaired) electrons. The number of benzene rings is 1. The van der Waals surface area contributed by atoms with Crippen LogP contribution in [0.1, 0.15) is 31.9 Å². The molecule has 0 amide bonds. The zero-order chi connectivity index (χ0) is 10.4. The highest BCUT2D eigenvalue weighted by molar-refractivity contribution is 7.99. The van der Waals surface area contributed by atoms with Gasteiger partial charge in [0.05, 0.1) is 0 Å². The molecule has 14 heavy (non-hydrogen) atoms. The Bertz CT molecular complexity index is 266. The van der Waals surface area contributed by atoms with Gasteiger partial charge in [-0.1, -0.05) is 45.0 Å². The van der Waals surface area contributed by atoms with E-state index in [9.17, 15) is 0 Å². The standard InChI is InChI=1S/C13H20S/c1-4-12-7-5-6-8-13(12)9-10-14-11(2)3/h5-8,11H,4,9-10H2,1-3H3. The Morgan fingerprint density at radius 3 is 2.36 bits per heavy atom. The topological polar surface area (TPSA) is 0 Å². The van der Waals surface area contributed by atoms with Crippen molar-refractivity contribution in [2.75, 3.05) is 5.75 Å². The van der Waals surface area contributed by atoms with Crippen LogP contribution in [0.2, 0.25) is 0 Å². The zero-order valence-electron chi connectivity index (χ0n) is 9.42. The number of thioether (sulfide) groups is 1. The summed E-state index contributed by atoms with van der Waals surface area (Å²) in [5.74, 6) is 1.24. The predicted octanol–water partition coefficient (Wildman–Crippen LogP) is 3.93. The highest BCUT2D eigenvalue weighted by Gasteiger charge is 2.00. The van der Waals surface area contributed by atoms with E-state index >= 15 is 0 Å². The van der Waals surface area contributed by atoms with E-state index in [4.69, 9.17) is 0 Å². The first kappa shape index (κ1) is 11.6. The molecule has 78 valence electrons. The maximum atomic E-state index is 2.26. The van der Waals surface area contributed by atoms with Gasteiger partial charge in [0.25, 0.3) is 0 Å². The van der Waals surface area contributed by atoms with Gasteiger partial charge >= 0.3 is 0 Å². The quantitative estimate of drug-likeness (QED) is 0.706. The second-order valence-corrected chi connectivity index (χ2v) is 5.48. The molecule has 0 fully saturated rings. The van der Waals surface area contributed by atoms with Crippen LogP contribution in [0.15, 0.2) is 24.3 Å². The van der Waals surface area contributed by atoms with Gasteiger partial charge in [-0.15, -0.1) is 0 Å². The monoisotopic (exact) mass is 208 g/mol. The number of hydrogen-bond donors (Lipinski definition) is 0. The maximum Gasteiger partial charge on any atom is -0.000957 e. The molecule has 0 spiro atoms.